The lowest BCUT2D eigenvalue weighted by atomic mass is 10.1. The van der Waals surface area contributed by atoms with E-state index in [0.29, 0.717) is 22.4 Å². The van der Waals surface area contributed by atoms with Gasteiger partial charge in [-0.15, -0.1) is 0 Å². The van der Waals surface area contributed by atoms with E-state index in [1.54, 1.807) is 18.2 Å². The van der Waals surface area contributed by atoms with Crippen LogP contribution in [0.1, 0.15) is 11.1 Å². The van der Waals surface area contributed by atoms with Crippen molar-refractivity contribution >= 4 is 35.2 Å². The molecule has 0 spiro atoms. The van der Waals surface area contributed by atoms with Gasteiger partial charge in [0, 0.05) is 6.08 Å². The number of aliphatic carboxylic acids is 1. The maximum Gasteiger partial charge on any atom is 0.328 e. The first-order chi connectivity index (χ1) is 10.1. The highest BCUT2D eigenvalue weighted by Crippen LogP contribution is 2.32. The monoisotopic (exact) mass is 322 g/mol. The van der Waals surface area contributed by atoms with E-state index in [1.807, 2.05) is 24.3 Å². The number of benzene rings is 2. The van der Waals surface area contributed by atoms with Crippen LogP contribution >= 0.6 is 23.2 Å². The van der Waals surface area contributed by atoms with Crippen molar-refractivity contribution in [2.24, 2.45) is 0 Å². The topological polar surface area (TPSA) is 46.5 Å². The molecule has 0 amide bonds. The third kappa shape index (κ3) is 4.52. The van der Waals surface area contributed by atoms with Crippen LogP contribution in [0.5, 0.6) is 5.75 Å². The summed E-state index contributed by atoms with van der Waals surface area (Å²) in [6, 6.07) is 12.5. The highest BCUT2D eigenvalue weighted by Gasteiger charge is 2.06. The van der Waals surface area contributed by atoms with Gasteiger partial charge in [0.05, 0.1) is 10.0 Å². The third-order valence-corrected chi connectivity index (χ3v) is 3.30. The van der Waals surface area contributed by atoms with E-state index >= 15 is 0 Å². The largest absolute Gasteiger partial charge is 0.486 e. The molecule has 108 valence electrons. The van der Waals surface area contributed by atoms with E-state index in [0.717, 1.165) is 17.2 Å². The fourth-order valence-corrected chi connectivity index (χ4v) is 2.17. The summed E-state index contributed by atoms with van der Waals surface area (Å²) in [6.45, 7) is 0.326. The minimum Gasteiger partial charge on any atom is -0.486 e. The van der Waals surface area contributed by atoms with Crippen molar-refractivity contribution in [3.05, 3.63) is 69.7 Å². The lowest BCUT2D eigenvalue weighted by Crippen LogP contribution is -1.96. The third-order valence-electron chi connectivity index (χ3n) is 2.70. The number of ether oxygens (including phenoxy) is 1. The number of hydrogen-bond donors (Lipinski definition) is 1. The number of carboxylic acid groups (broad SMARTS) is 1. The number of para-hydroxylation sites is 1. The molecule has 3 nitrogen and oxygen atoms in total. The van der Waals surface area contributed by atoms with Crippen molar-refractivity contribution in [1.82, 2.24) is 0 Å². The Hall–Kier alpha value is -1.97. The first kappa shape index (κ1) is 15.4. The summed E-state index contributed by atoms with van der Waals surface area (Å²) in [5, 5.41) is 9.48. The summed E-state index contributed by atoms with van der Waals surface area (Å²) in [5.41, 5.74) is 1.73. The Bertz CT molecular complexity index is 643. The molecule has 0 atom stereocenters. The van der Waals surface area contributed by atoms with Gasteiger partial charge < -0.3 is 9.84 Å². The predicted molar refractivity (Wildman–Crippen MR) is 83.9 cm³/mol. The van der Waals surface area contributed by atoms with Gasteiger partial charge in [-0.05, 0) is 29.3 Å². The number of halogens is 2. The first-order valence-corrected chi connectivity index (χ1v) is 6.88. The maximum absolute atomic E-state index is 10.4. The first-order valence-electron chi connectivity index (χ1n) is 6.13. The van der Waals surface area contributed by atoms with E-state index in [9.17, 15) is 4.79 Å². The fourth-order valence-electron chi connectivity index (χ4n) is 1.67. The summed E-state index contributed by atoms with van der Waals surface area (Å²) in [4.78, 5) is 10.4. The van der Waals surface area contributed by atoms with Crippen molar-refractivity contribution in [3.8, 4) is 5.75 Å². The molecule has 2 rings (SSSR count). The van der Waals surface area contributed by atoms with Crippen LogP contribution in [0.15, 0.2) is 48.5 Å². The Morgan fingerprint density at radius 1 is 1.10 bits per heavy atom. The molecule has 21 heavy (non-hydrogen) atoms. The molecule has 0 aliphatic carbocycles. The van der Waals surface area contributed by atoms with Gasteiger partial charge in [0.25, 0.3) is 0 Å². The molecular formula is C16H12Cl2O3. The van der Waals surface area contributed by atoms with Crippen LogP contribution in [0.4, 0.5) is 0 Å². The Morgan fingerprint density at radius 2 is 1.71 bits per heavy atom. The van der Waals surface area contributed by atoms with E-state index < -0.39 is 5.97 Å². The van der Waals surface area contributed by atoms with E-state index in [4.69, 9.17) is 33.0 Å². The summed E-state index contributed by atoms with van der Waals surface area (Å²) in [6.07, 6.45) is 2.62. The van der Waals surface area contributed by atoms with Crippen LogP contribution < -0.4 is 4.74 Å². The van der Waals surface area contributed by atoms with Crippen LogP contribution in [-0.2, 0) is 11.4 Å². The molecule has 2 aromatic carbocycles. The maximum atomic E-state index is 10.4. The van der Waals surface area contributed by atoms with E-state index in [1.165, 1.54) is 6.08 Å². The lowest BCUT2D eigenvalue weighted by Gasteiger charge is -2.09. The minimum absolute atomic E-state index is 0.326. The molecule has 0 unspecified atom stereocenters. The summed E-state index contributed by atoms with van der Waals surface area (Å²) >= 11 is 12.0. The molecule has 0 radical (unpaired) electrons. The van der Waals surface area contributed by atoms with Gasteiger partial charge in [-0.25, -0.2) is 4.79 Å². The fraction of sp³-hybridized carbons (Fsp3) is 0.0625. The zero-order chi connectivity index (χ0) is 15.2. The van der Waals surface area contributed by atoms with Gasteiger partial charge in [-0.2, -0.15) is 0 Å². The van der Waals surface area contributed by atoms with Gasteiger partial charge in [-0.3, -0.25) is 0 Å². The van der Waals surface area contributed by atoms with Gasteiger partial charge in [-0.1, -0.05) is 53.5 Å². The molecule has 0 fully saturated rings. The van der Waals surface area contributed by atoms with Gasteiger partial charge in [0.1, 0.15) is 6.61 Å². The summed E-state index contributed by atoms with van der Waals surface area (Å²) < 4.78 is 5.62. The molecule has 5 heteroatoms. The van der Waals surface area contributed by atoms with E-state index in [-0.39, 0.29) is 0 Å². The summed E-state index contributed by atoms with van der Waals surface area (Å²) in [7, 11) is 0. The molecule has 0 saturated carbocycles. The smallest absolute Gasteiger partial charge is 0.328 e. The minimum atomic E-state index is -0.976. The average Bonchev–Trinajstić information content (AvgIpc) is 2.46. The molecule has 2 aromatic rings. The standard InChI is InChI=1S/C16H12Cl2O3/c17-13-2-1-3-14(18)16(13)21-10-12-6-4-11(5-7-12)8-9-15(19)20/h1-9H,10H2,(H,19,20). The number of rotatable bonds is 5. The lowest BCUT2D eigenvalue weighted by molar-refractivity contribution is -0.131. The number of carbonyl (C=O) groups is 1. The Labute approximate surface area is 132 Å². The molecule has 0 aromatic heterocycles. The molecular weight excluding hydrogens is 311 g/mol. The normalized spacial score (nSPS) is 10.8. The molecule has 1 N–H and O–H groups in total. The Kier molecular flexibility index (Phi) is 5.26. The van der Waals surface area contributed by atoms with Crippen molar-refractivity contribution < 1.29 is 14.6 Å². The zero-order valence-corrected chi connectivity index (χ0v) is 12.4. The average molecular weight is 323 g/mol. The molecule has 0 aliphatic rings. The predicted octanol–water partition coefficient (Wildman–Crippen LogP) is 4.67. The Morgan fingerprint density at radius 3 is 2.29 bits per heavy atom. The van der Waals surface area contributed by atoms with Crippen LogP contribution in [0.25, 0.3) is 6.08 Å². The quantitative estimate of drug-likeness (QED) is 0.813. The number of carboxylic acids is 1. The van der Waals surface area contributed by atoms with Crippen LogP contribution in [0.3, 0.4) is 0 Å². The van der Waals surface area contributed by atoms with E-state index in [2.05, 4.69) is 0 Å². The molecule has 0 bridgehead atoms. The summed E-state index contributed by atoms with van der Waals surface area (Å²) in [5.74, 6) is -0.522. The zero-order valence-electron chi connectivity index (χ0n) is 10.9. The highest BCUT2D eigenvalue weighted by atomic mass is 35.5. The Balaban J connectivity index is 2.02. The van der Waals surface area contributed by atoms with Crippen LogP contribution in [0, 0.1) is 0 Å². The molecule has 0 saturated heterocycles. The van der Waals surface area contributed by atoms with Crippen molar-refractivity contribution in [2.45, 2.75) is 6.61 Å². The molecule has 0 heterocycles. The van der Waals surface area contributed by atoms with Gasteiger partial charge in [0.2, 0.25) is 0 Å². The van der Waals surface area contributed by atoms with Crippen LogP contribution in [-0.4, -0.2) is 11.1 Å². The SMILES string of the molecule is O=C(O)C=Cc1ccc(COc2c(Cl)cccc2Cl)cc1. The second-order valence-corrected chi connectivity index (χ2v) is 5.07. The second-order valence-electron chi connectivity index (χ2n) is 4.25. The van der Waals surface area contributed by atoms with Gasteiger partial charge in [0.15, 0.2) is 5.75 Å². The molecule has 0 aliphatic heterocycles. The van der Waals surface area contributed by atoms with Crippen molar-refractivity contribution in [1.29, 1.82) is 0 Å². The van der Waals surface area contributed by atoms with Gasteiger partial charge >= 0.3 is 5.97 Å². The second kappa shape index (κ2) is 7.16. The number of hydrogen-bond acceptors (Lipinski definition) is 2. The van der Waals surface area contributed by atoms with Crippen molar-refractivity contribution in [2.75, 3.05) is 0 Å². The highest BCUT2D eigenvalue weighted by molar-refractivity contribution is 6.37. The van der Waals surface area contributed by atoms with Crippen molar-refractivity contribution in [3.63, 3.8) is 0 Å². The van der Waals surface area contributed by atoms with Crippen LogP contribution in [0.2, 0.25) is 10.0 Å².